The SMILES string of the molecule is O=C(Cc1csc(N2CCCC2=O)n1)Nc1ccccc1N1CCCCCC1. The van der Waals surface area contributed by atoms with Crippen LogP contribution in [0.3, 0.4) is 0 Å². The number of carbonyl (C=O) groups is 2. The van der Waals surface area contributed by atoms with Crippen LogP contribution in [-0.4, -0.2) is 36.4 Å². The first-order valence-electron chi connectivity index (χ1n) is 10.1. The van der Waals surface area contributed by atoms with Gasteiger partial charge in [-0.3, -0.25) is 14.5 Å². The van der Waals surface area contributed by atoms with E-state index in [4.69, 9.17) is 0 Å². The molecule has 2 aliphatic heterocycles. The van der Waals surface area contributed by atoms with Gasteiger partial charge in [0.1, 0.15) is 0 Å². The summed E-state index contributed by atoms with van der Waals surface area (Å²) < 4.78 is 0. The summed E-state index contributed by atoms with van der Waals surface area (Å²) in [5.74, 6) is 0.0450. The van der Waals surface area contributed by atoms with E-state index in [1.54, 1.807) is 4.90 Å². The van der Waals surface area contributed by atoms with Gasteiger partial charge in [-0.1, -0.05) is 25.0 Å². The Labute approximate surface area is 169 Å². The van der Waals surface area contributed by atoms with Crippen molar-refractivity contribution < 1.29 is 9.59 Å². The molecule has 28 heavy (non-hydrogen) atoms. The fourth-order valence-corrected chi connectivity index (χ4v) is 4.75. The molecule has 0 radical (unpaired) electrons. The van der Waals surface area contributed by atoms with Crippen LogP contribution in [0, 0.1) is 0 Å². The number of amides is 2. The number of nitrogens with one attached hydrogen (secondary N) is 1. The van der Waals surface area contributed by atoms with Crippen molar-refractivity contribution >= 4 is 39.7 Å². The Morgan fingerprint density at radius 1 is 1.07 bits per heavy atom. The van der Waals surface area contributed by atoms with Gasteiger partial charge in [0.05, 0.1) is 23.5 Å². The van der Waals surface area contributed by atoms with Gasteiger partial charge in [0, 0.05) is 31.4 Å². The lowest BCUT2D eigenvalue weighted by Crippen LogP contribution is -2.26. The summed E-state index contributed by atoms with van der Waals surface area (Å²) in [6.45, 7) is 2.79. The number of thiazole rings is 1. The number of nitrogens with zero attached hydrogens (tertiary/aromatic N) is 3. The van der Waals surface area contributed by atoms with Gasteiger partial charge in [0.2, 0.25) is 11.8 Å². The number of benzene rings is 1. The van der Waals surface area contributed by atoms with Gasteiger partial charge in [0.25, 0.3) is 0 Å². The van der Waals surface area contributed by atoms with Crippen molar-refractivity contribution in [2.75, 3.05) is 34.8 Å². The third-order valence-electron chi connectivity index (χ3n) is 5.31. The summed E-state index contributed by atoms with van der Waals surface area (Å²) in [6, 6.07) is 8.03. The highest BCUT2D eigenvalue weighted by atomic mass is 32.1. The molecule has 148 valence electrons. The lowest BCUT2D eigenvalue weighted by atomic mass is 10.2. The first kappa shape index (κ1) is 18.9. The van der Waals surface area contributed by atoms with Crippen LogP contribution in [-0.2, 0) is 16.0 Å². The second-order valence-corrected chi connectivity index (χ2v) is 8.25. The molecule has 0 aliphatic carbocycles. The normalized spacial score (nSPS) is 17.6. The highest BCUT2D eigenvalue weighted by Gasteiger charge is 2.24. The van der Waals surface area contributed by atoms with E-state index in [0.29, 0.717) is 17.2 Å². The van der Waals surface area contributed by atoms with Crippen LogP contribution in [0.5, 0.6) is 0 Å². The van der Waals surface area contributed by atoms with Crippen LogP contribution >= 0.6 is 11.3 Å². The molecule has 1 N–H and O–H groups in total. The molecule has 2 aromatic rings. The Kier molecular flexibility index (Phi) is 5.90. The van der Waals surface area contributed by atoms with Crippen molar-refractivity contribution in [1.29, 1.82) is 0 Å². The van der Waals surface area contributed by atoms with Crippen LogP contribution in [0.1, 0.15) is 44.2 Å². The molecular formula is C21H26N4O2S. The van der Waals surface area contributed by atoms with Gasteiger partial charge in [-0.25, -0.2) is 4.98 Å². The summed E-state index contributed by atoms with van der Waals surface area (Å²) in [6.07, 6.45) is 6.61. The molecule has 2 saturated heterocycles. The molecule has 0 spiro atoms. The van der Waals surface area contributed by atoms with Gasteiger partial charge in [-0.15, -0.1) is 11.3 Å². The molecular weight excluding hydrogens is 372 g/mol. The molecule has 3 heterocycles. The minimum Gasteiger partial charge on any atom is -0.370 e. The van der Waals surface area contributed by atoms with Crippen molar-refractivity contribution in [3.63, 3.8) is 0 Å². The van der Waals surface area contributed by atoms with Crippen molar-refractivity contribution in [2.45, 2.75) is 44.9 Å². The second kappa shape index (κ2) is 8.73. The van der Waals surface area contributed by atoms with Crippen LogP contribution in [0.2, 0.25) is 0 Å². The van der Waals surface area contributed by atoms with Crippen LogP contribution in [0.25, 0.3) is 0 Å². The van der Waals surface area contributed by atoms with E-state index in [1.165, 1.54) is 37.0 Å². The molecule has 7 heteroatoms. The smallest absolute Gasteiger partial charge is 0.230 e. The lowest BCUT2D eigenvalue weighted by molar-refractivity contribution is -0.117. The standard InChI is InChI=1S/C21H26N4O2S/c26-19(14-16-15-28-21(22-16)25-13-7-10-20(25)27)23-17-8-3-4-9-18(17)24-11-5-1-2-6-12-24/h3-4,8-9,15H,1-2,5-7,10-14H2,(H,23,26). The highest BCUT2D eigenvalue weighted by Crippen LogP contribution is 2.29. The minimum absolute atomic E-state index is 0.0770. The van der Waals surface area contributed by atoms with Gasteiger partial charge in [0.15, 0.2) is 5.13 Å². The zero-order chi connectivity index (χ0) is 19.3. The van der Waals surface area contributed by atoms with E-state index < -0.39 is 0 Å². The molecule has 4 rings (SSSR count). The third kappa shape index (κ3) is 4.35. The van der Waals surface area contributed by atoms with E-state index >= 15 is 0 Å². The zero-order valence-corrected chi connectivity index (χ0v) is 16.8. The highest BCUT2D eigenvalue weighted by molar-refractivity contribution is 7.14. The number of para-hydroxylation sites is 2. The number of aromatic nitrogens is 1. The summed E-state index contributed by atoms with van der Waals surface area (Å²) >= 11 is 1.43. The molecule has 0 unspecified atom stereocenters. The number of hydrogen-bond donors (Lipinski definition) is 1. The largest absolute Gasteiger partial charge is 0.370 e. The van der Waals surface area contributed by atoms with Crippen LogP contribution in [0.4, 0.5) is 16.5 Å². The van der Waals surface area contributed by atoms with E-state index in [9.17, 15) is 9.59 Å². The summed E-state index contributed by atoms with van der Waals surface area (Å²) in [7, 11) is 0. The Morgan fingerprint density at radius 3 is 2.61 bits per heavy atom. The maximum absolute atomic E-state index is 12.6. The van der Waals surface area contributed by atoms with Gasteiger partial charge in [-0.2, -0.15) is 0 Å². The lowest BCUT2D eigenvalue weighted by Gasteiger charge is -2.25. The number of anilines is 3. The maximum Gasteiger partial charge on any atom is 0.230 e. The second-order valence-electron chi connectivity index (χ2n) is 7.41. The average molecular weight is 399 g/mol. The number of rotatable bonds is 5. The molecule has 2 amide bonds. The predicted molar refractivity (Wildman–Crippen MR) is 113 cm³/mol. The monoisotopic (exact) mass is 398 g/mol. The van der Waals surface area contributed by atoms with Crippen LogP contribution < -0.4 is 15.1 Å². The molecule has 2 aliphatic rings. The molecule has 1 aromatic heterocycles. The van der Waals surface area contributed by atoms with Gasteiger partial charge >= 0.3 is 0 Å². The Hall–Kier alpha value is -2.41. The van der Waals surface area contributed by atoms with Crippen molar-refractivity contribution in [3.8, 4) is 0 Å². The summed E-state index contributed by atoms with van der Waals surface area (Å²) in [5, 5.41) is 5.65. The molecule has 0 atom stereocenters. The summed E-state index contributed by atoms with van der Waals surface area (Å²) in [5.41, 5.74) is 2.67. The predicted octanol–water partition coefficient (Wildman–Crippen LogP) is 3.83. The third-order valence-corrected chi connectivity index (χ3v) is 6.22. The molecule has 0 saturated carbocycles. The number of carbonyl (C=O) groups excluding carboxylic acids is 2. The maximum atomic E-state index is 12.6. The van der Waals surface area contributed by atoms with E-state index in [1.807, 2.05) is 23.6 Å². The molecule has 6 nitrogen and oxygen atoms in total. The van der Waals surface area contributed by atoms with Crippen LogP contribution in [0.15, 0.2) is 29.6 Å². The minimum atomic E-state index is -0.0770. The van der Waals surface area contributed by atoms with Crippen molar-refractivity contribution in [2.24, 2.45) is 0 Å². The van der Waals surface area contributed by atoms with E-state index in [2.05, 4.69) is 21.3 Å². The molecule has 0 bridgehead atoms. The zero-order valence-electron chi connectivity index (χ0n) is 16.0. The fourth-order valence-electron chi connectivity index (χ4n) is 3.88. The Balaban J connectivity index is 1.42. The van der Waals surface area contributed by atoms with Gasteiger partial charge < -0.3 is 10.2 Å². The Bertz CT molecular complexity index is 842. The number of hydrogen-bond acceptors (Lipinski definition) is 5. The van der Waals surface area contributed by atoms with Gasteiger partial charge in [-0.05, 0) is 31.4 Å². The average Bonchev–Trinajstić information content (AvgIpc) is 3.22. The van der Waals surface area contributed by atoms with Crippen molar-refractivity contribution in [3.05, 3.63) is 35.3 Å². The Morgan fingerprint density at radius 2 is 1.86 bits per heavy atom. The first-order valence-corrected chi connectivity index (χ1v) is 11.0. The fraction of sp³-hybridized carbons (Fsp3) is 0.476. The quantitative estimate of drug-likeness (QED) is 0.831. The van der Waals surface area contributed by atoms with E-state index in [0.717, 1.165) is 37.4 Å². The van der Waals surface area contributed by atoms with Crippen molar-refractivity contribution in [1.82, 2.24) is 4.98 Å². The molecule has 2 fully saturated rings. The summed E-state index contributed by atoms with van der Waals surface area (Å²) in [4.78, 5) is 33.1. The topological polar surface area (TPSA) is 65.5 Å². The van der Waals surface area contributed by atoms with E-state index in [-0.39, 0.29) is 18.2 Å². The molecule has 1 aromatic carbocycles. The first-order chi connectivity index (χ1) is 13.7.